The van der Waals surface area contributed by atoms with Gasteiger partial charge in [-0.15, -0.1) is 0 Å². The highest BCUT2D eigenvalue weighted by molar-refractivity contribution is 6.07. The Labute approximate surface area is 211 Å². The van der Waals surface area contributed by atoms with Crippen LogP contribution in [0.15, 0.2) is 66.7 Å². The van der Waals surface area contributed by atoms with Crippen molar-refractivity contribution in [2.75, 3.05) is 53.1 Å². The van der Waals surface area contributed by atoms with Crippen LogP contribution in [-0.4, -0.2) is 79.7 Å². The smallest absolute Gasteiger partial charge is 0.326 e. The maximum Gasteiger partial charge on any atom is 0.326 e. The van der Waals surface area contributed by atoms with Gasteiger partial charge >= 0.3 is 6.03 Å². The molecule has 5 rings (SSSR count). The lowest BCUT2D eigenvalue weighted by atomic mass is 9.90. The van der Waals surface area contributed by atoms with Gasteiger partial charge in [-0.05, 0) is 53.6 Å². The number of fused-ring (bicyclic) bond motifs is 1. The molecule has 2 aliphatic rings. The maximum absolute atomic E-state index is 13.5. The van der Waals surface area contributed by atoms with Crippen molar-refractivity contribution >= 4 is 22.7 Å². The second-order valence-electron chi connectivity index (χ2n) is 9.48. The standard InChI is InChI=1S/C28H32N4O4/c1-28(23-10-8-22-19-25(35-2)11-9-21(22)18-23)26(33)32(27(34)29-28)20-31-14-12-30(13-15-31)16-17-36-24-6-4-3-5-7-24/h3-11,18-19H,12-17,20H2,1-2H3,(H,29,34). The van der Waals surface area contributed by atoms with E-state index in [-0.39, 0.29) is 11.9 Å². The van der Waals surface area contributed by atoms with Crippen molar-refractivity contribution in [1.29, 1.82) is 0 Å². The molecule has 2 fully saturated rings. The van der Waals surface area contributed by atoms with Gasteiger partial charge in [0.15, 0.2) is 0 Å². The van der Waals surface area contributed by atoms with E-state index in [0.717, 1.165) is 60.6 Å². The van der Waals surface area contributed by atoms with Gasteiger partial charge in [-0.2, -0.15) is 0 Å². The van der Waals surface area contributed by atoms with E-state index >= 15 is 0 Å². The van der Waals surface area contributed by atoms with Gasteiger partial charge in [0.25, 0.3) is 5.91 Å². The van der Waals surface area contributed by atoms with E-state index in [0.29, 0.717) is 13.3 Å². The van der Waals surface area contributed by atoms with E-state index in [9.17, 15) is 9.59 Å². The van der Waals surface area contributed by atoms with Crippen molar-refractivity contribution in [2.24, 2.45) is 0 Å². The lowest BCUT2D eigenvalue weighted by molar-refractivity contribution is -0.132. The number of imide groups is 1. The number of nitrogens with zero attached hydrogens (tertiary/aromatic N) is 3. The first-order valence-electron chi connectivity index (χ1n) is 12.3. The first-order chi connectivity index (χ1) is 17.5. The molecule has 3 aromatic carbocycles. The number of amides is 3. The highest BCUT2D eigenvalue weighted by atomic mass is 16.5. The molecule has 36 heavy (non-hydrogen) atoms. The molecule has 8 heteroatoms. The molecule has 2 saturated heterocycles. The molecular formula is C28H32N4O4. The van der Waals surface area contributed by atoms with E-state index in [4.69, 9.17) is 9.47 Å². The third kappa shape index (κ3) is 4.87. The SMILES string of the molecule is COc1ccc2cc(C3(C)NC(=O)N(CN4CCN(CCOc5ccccc5)CC4)C3=O)ccc2c1. The minimum Gasteiger partial charge on any atom is -0.497 e. The minimum atomic E-state index is -1.10. The quantitative estimate of drug-likeness (QED) is 0.491. The van der Waals surface area contributed by atoms with Gasteiger partial charge in [0, 0.05) is 32.7 Å². The number of urea groups is 1. The van der Waals surface area contributed by atoms with E-state index in [1.54, 1.807) is 14.0 Å². The predicted octanol–water partition coefficient (Wildman–Crippen LogP) is 3.27. The highest BCUT2D eigenvalue weighted by Crippen LogP contribution is 2.32. The fourth-order valence-electron chi connectivity index (χ4n) is 4.85. The predicted molar refractivity (Wildman–Crippen MR) is 138 cm³/mol. The number of carbonyl (C=O) groups is 2. The summed E-state index contributed by atoms with van der Waals surface area (Å²) in [5.41, 5.74) is -0.328. The van der Waals surface area contributed by atoms with Gasteiger partial charge in [0.2, 0.25) is 0 Å². The normalized spacial score (nSPS) is 21.1. The number of nitrogens with one attached hydrogen (secondary N) is 1. The molecule has 0 bridgehead atoms. The molecule has 2 heterocycles. The molecule has 1 N–H and O–H groups in total. The monoisotopic (exact) mass is 488 g/mol. The molecule has 188 valence electrons. The number of ether oxygens (including phenoxy) is 2. The van der Waals surface area contributed by atoms with E-state index in [2.05, 4.69) is 15.1 Å². The average Bonchev–Trinajstić information content (AvgIpc) is 3.13. The first kappa shape index (κ1) is 24.1. The second-order valence-corrected chi connectivity index (χ2v) is 9.48. The molecule has 0 spiro atoms. The summed E-state index contributed by atoms with van der Waals surface area (Å²) in [5, 5.41) is 4.94. The second kappa shape index (κ2) is 10.2. The van der Waals surface area contributed by atoms with Crippen molar-refractivity contribution in [3.8, 4) is 11.5 Å². The zero-order valence-corrected chi connectivity index (χ0v) is 20.8. The Morgan fingerprint density at radius 1 is 0.861 bits per heavy atom. The molecule has 3 amide bonds. The molecule has 0 aromatic heterocycles. The van der Waals surface area contributed by atoms with Gasteiger partial charge in [0.05, 0.1) is 13.8 Å². The summed E-state index contributed by atoms with van der Waals surface area (Å²) in [6.07, 6.45) is 0. The van der Waals surface area contributed by atoms with Gasteiger partial charge in [-0.25, -0.2) is 9.69 Å². The lowest BCUT2D eigenvalue weighted by Gasteiger charge is -2.36. The summed E-state index contributed by atoms with van der Waals surface area (Å²) in [6, 6.07) is 21.1. The number of carbonyl (C=O) groups excluding carboxylic acids is 2. The van der Waals surface area contributed by atoms with E-state index in [1.165, 1.54) is 4.90 Å². The summed E-state index contributed by atoms with van der Waals surface area (Å²) in [6.45, 7) is 6.86. The molecule has 1 unspecified atom stereocenters. The van der Waals surface area contributed by atoms with Crippen LogP contribution in [0.3, 0.4) is 0 Å². The molecule has 2 aliphatic heterocycles. The van der Waals surface area contributed by atoms with Crippen LogP contribution in [0.25, 0.3) is 10.8 Å². The minimum absolute atomic E-state index is 0.223. The molecule has 0 radical (unpaired) electrons. The van der Waals surface area contributed by atoms with Crippen molar-refractivity contribution in [2.45, 2.75) is 12.5 Å². The summed E-state index contributed by atoms with van der Waals surface area (Å²) in [4.78, 5) is 32.2. The first-order valence-corrected chi connectivity index (χ1v) is 12.3. The van der Waals surface area contributed by atoms with Crippen LogP contribution >= 0.6 is 0 Å². The number of hydrogen-bond acceptors (Lipinski definition) is 6. The van der Waals surface area contributed by atoms with Crippen LogP contribution < -0.4 is 14.8 Å². The molecule has 8 nitrogen and oxygen atoms in total. The average molecular weight is 489 g/mol. The van der Waals surface area contributed by atoms with Crippen molar-refractivity contribution < 1.29 is 19.1 Å². The Morgan fingerprint density at radius 3 is 2.31 bits per heavy atom. The summed E-state index contributed by atoms with van der Waals surface area (Å²) < 4.78 is 11.1. The number of piperazine rings is 1. The number of hydrogen-bond donors (Lipinski definition) is 1. The fourth-order valence-corrected chi connectivity index (χ4v) is 4.85. The fraction of sp³-hybridized carbons (Fsp3) is 0.357. The Bertz CT molecular complexity index is 1240. The van der Waals surface area contributed by atoms with Gasteiger partial charge in [-0.3, -0.25) is 14.6 Å². The number of para-hydroxylation sites is 1. The number of benzene rings is 3. The topological polar surface area (TPSA) is 74.3 Å². The lowest BCUT2D eigenvalue weighted by Crippen LogP contribution is -2.52. The molecule has 1 atom stereocenters. The Morgan fingerprint density at radius 2 is 1.56 bits per heavy atom. The van der Waals surface area contributed by atoms with Crippen LogP contribution in [0, 0.1) is 0 Å². The summed E-state index contributed by atoms with van der Waals surface area (Å²) >= 11 is 0. The third-order valence-electron chi connectivity index (χ3n) is 7.13. The van der Waals surface area contributed by atoms with Crippen molar-refractivity contribution in [3.05, 3.63) is 72.3 Å². The zero-order chi connectivity index (χ0) is 25.1. The van der Waals surface area contributed by atoms with Crippen LogP contribution in [0.4, 0.5) is 4.79 Å². The van der Waals surface area contributed by atoms with Crippen molar-refractivity contribution in [3.63, 3.8) is 0 Å². The van der Waals surface area contributed by atoms with Gasteiger partial charge in [-0.1, -0.05) is 36.4 Å². The highest BCUT2D eigenvalue weighted by Gasteiger charge is 2.49. The molecule has 0 aliphatic carbocycles. The largest absolute Gasteiger partial charge is 0.497 e. The van der Waals surface area contributed by atoms with Crippen LogP contribution in [0.5, 0.6) is 11.5 Å². The number of rotatable bonds is 8. The van der Waals surface area contributed by atoms with E-state index < -0.39 is 5.54 Å². The Hall–Kier alpha value is -3.62. The number of methoxy groups -OCH3 is 1. The van der Waals surface area contributed by atoms with Crippen molar-refractivity contribution in [1.82, 2.24) is 20.0 Å². The third-order valence-corrected chi connectivity index (χ3v) is 7.13. The zero-order valence-electron chi connectivity index (χ0n) is 20.8. The maximum atomic E-state index is 13.5. The van der Waals surface area contributed by atoms with Crippen LogP contribution in [0.2, 0.25) is 0 Å². The summed E-state index contributed by atoms with van der Waals surface area (Å²) in [7, 11) is 1.64. The van der Waals surface area contributed by atoms with E-state index in [1.807, 2.05) is 66.7 Å². The van der Waals surface area contributed by atoms with Gasteiger partial charge < -0.3 is 14.8 Å². The van der Waals surface area contributed by atoms with Gasteiger partial charge in [0.1, 0.15) is 23.6 Å². The molecule has 0 saturated carbocycles. The Balaban J connectivity index is 1.17. The molecule has 3 aromatic rings. The Kier molecular flexibility index (Phi) is 6.80. The molecular weight excluding hydrogens is 456 g/mol. The van der Waals surface area contributed by atoms with Crippen LogP contribution in [-0.2, 0) is 10.3 Å². The summed E-state index contributed by atoms with van der Waals surface area (Å²) in [5.74, 6) is 1.43. The van der Waals surface area contributed by atoms with Crippen LogP contribution in [0.1, 0.15) is 12.5 Å².